The molecule has 2 N–H and O–H groups in total. The number of pyridine rings is 1. The number of hydrogen-bond donors (Lipinski definition) is 1. The summed E-state index contributed by atoms with van der Waals surface area (Å²) in [6.07, 6.45) is -1.56. The summed E-state index contributed by atoms with van der Waals surface area (Å²) in [6.45, 7) is 0. The van der Waals surface area contributed by atoms with Crippen LogP contribution in [0.5, 0.6) is 0 Å². The van der Waals surface area contributed by atoms with Crippen molar-refractivity contribution < 1.29 is 13.6 Å². The first-order valence-electron chi connectivity index (χ1n) is 3.26. The minimum atomic E-state index is -2.78. The topological polar surface area (TPSA) is 56.0 Å². The van der Waals surface area contributed by atoms with Gasteiger partial charge in [-0.2, -0.15) is 0 Å². The van der Waals surface area contributed by atoms with Crippen LogP contribution >= 0.6 is 22.6 Å². The number of alkyl halides is 2. The van der Waals surface area contributed by atoms with Crippen molar-refractivity contribution in [2.24, 2.45) is 5.73 Å². The highest BCUT2D eigenvalue weighted by atomic mass is 127. The van der Waals surface area contributed by atoms with E-state index in [1.165, 1.54) is 12.3 Å². The number of carbonyl (C=O) groups excluding carboxylic acids is 1. The van der Waals surface area contributed by atoms with E-state index in [9.17, 15) is 13.6 Å². The number of primary amides is 1. The molecule has 0 unspecified atom stereocenters. The predicted octanol–water partition coefficient (Wildman–Crippen LogP) is 1.72. The lowest BCUT2D eigenvalue weighted by atomic mass is 10.2. The third kappa shape index (κ3) is 2.11. The molecule has 3 nitrogen and oxygen atoms in total. The molecule has 1 amide bonds. The summed E-state index contributed by atoms with van der Waals surface area (Å²) in [7, 11) is 0. The molecule has 0 spiro atoms. The molecular weight excluding hydrogens is 293 g/mol. The normalized spacial score (nSPS) is 10.5. The molecular formula is C7H5F2IN2O. The summed E-state index contributed by atoms with van der Waals surface area (Å²) in [5, 5.41) is 0. The van der Waals surface area contributed by atoms with Gasteiger partial charge in [-0.15, -0.1) is 0 Å². The standard InChI is InChI=1S/C7H5F2IN2O/c8-6(9)5-4(7(11)13)3(10)1-2-12-5/h1-2,6H,(H2,11,13). The van der Waals surface area contributed by atoms with Crippen molar-refractivity contribution in [3.63, 3.8) is 0 Å². The fourth-order valence-electron chi connectivity index (χ4n) is 0.863. The fourth-order valence-corrected chi connectivity index (χ4v) is 1.57. The van der Waals surface area contributed by atoms with Crippen LogP contribution in [0.2, 0.25) is 0 Å². The molecule has 0 atom stereocenters. The molecule has 13 heavy (non-hydrogen) atoms. The second kappa shape index (κ2) is 3.95. The molecule has 0 fully saturated rings. The van der Waals surface area contributed by atoms with Gasteiger partial charge in [0.05, 0.1) is 5.56 Å². The first-order chi connectivity index (χ1) is 6.04. The second-order valence-electron chi connectivity index (χ2n) is 2.22. The van der Waals surface area contributed by atoms with Crippen molar-refractivity contribution in [1.29, 1.82) is 0 Å². The lowest BCUT2D eigenvalue weighted by Crippen LogP contribution is -2.16. The zero-order chi connectivity index (χ0) is 10.0. The number of nitrogens with two attached hydrogens (primary N) is 1. The Bertz CT molecular complexity index is 343. The van der Waals surface area contributed by atoms with Crippen LogP contribution in [0.3, 0.4) is 0 Å². The quantitative estimate of drug-likeness (QED) is 0.845. The molecule has 6 heteroatoms. The van der Waals surface area contributed by atoms with Crippen LogP contribution in [0.4, 0.5) is 8.78 Å². The highest BCUT2D eigenvalue weighted by molar-refractivity contribution is 14.1. The number of nitrogens with zero attached hydrogens (tertiary/aromatic N) is 1. The molecule has 0 aromatic carbocycles. The Labute approximate surface area is 86.5 Å². The predicted molar refractivity (Wildman–Crippen MR) is 50.4 cm³/mol. The van der Waals surface area contributed by atoms with Gasteiger partial charge in [0, 0.05) is 9.77 Å². The number of carbonyl (C=O) groups is 1. The van der Waals surface area contributed by atoms with Gasteiger partial charge in [0.15, 0.2) is 0 Å². The third-order valence-corrected chi connectivity index (χ3v) is 2.28. The maximum atomic E-state index is 12.3. The summed E-state index contributed by atoms with van der Waals surface area (Å²) in [6, 6.07) is 1.45. The maximum Gasteiger partial charge on any atom is 0.281 e. The minimum Gasteiger partial charge on any atom is -0.366 e. The molecule has 1 rings (SSSR count). The van der Waals surface area contributed by atoms with Crippen LogP contribution in [0.1, 0.15) is 22.5 Å². The van der Waals surface area contributed by atoms with Crippen LogP contribution in [-0.2, 0) is 0 Å². The van der Waals surface area contributed by atoms with E-state index in [1.807, 2.05) is 0 Å². The Hall–Kier alpha value is -0.790. The van der Waals surface area contributed by atoms with E-state index in [2.05, 4.69) is 4.98 Å². The molecule has 1 heterocycles. The first kappa shape index (κ1) is 10.3. The summed E-state index contributed by atoms with van der Waals surface area (Å²) in [5.74, 6) is -0.882. The highest BCUT2D eigenvalue weighted by Gasteiger charge is 2.20. The molecule has 0 bridgehead atoms. The smallest absolute Gasteiger partial charge is 0.281 e. The van der Waals surface area contributed by atoms with Gasteiger partial charge in [0.1, 0.15) is 5.69 Å². The van der Waals surface area contributed by atoms with Gasteiger partial charge in [-0.05, 0) is 28.7 Å². The van der Waals surface area contributed by atoms with Gasteiger partial charge < -0.3 is 5.73 Å². The lowest BCUT2D eigenvalue weighted by molar-refractivity contribution is 0.0982. The summed E-state index contributed by atoms with van der Waals surface area (Å²) < 4.78 is 25.0. The Morgan fingerprint density at radius 1 is 1.62 bits per heavy atom. The third-order valence-electron chi connectivity index (χ3n) is 1.38. The zero-order valence-electron chi connectivity index (χ0n) is 6.30. The van der Waals surface area contributed by atoms with Crippen LogP contribution in [0.15, 0.2) is 12.3 Å². The van der Waals surface area contributed by atoms with Crippen molar-refractivity contribution in [3.8, 4) is 0 Å². The van der Waals surface area contributed by atoms with Gasteiger partial charge >= 0.3 is 0 Å². The molecule has 0 radical (unpaired) electrons. The van der Waals surface area contributed by atoms with Crippen LogP contribution < -0.4 is 5.73 Å². The number of amides is 1. The molecule has 0 saturated carbocycles. The van der Waals surface area contributed by atoms with Gasteiger partial charge in [0.25, 0.3) is 12.3 Å². The highest BCUT2D eigenvalue weighted by Crippen LogP contribution is 2.23. The van der Waals surface area contributed by atoms with Crippen molar-refractivity contribution in [1.82, 2.24) is 4.98 Å². The van der Waals surface area contributed by atoms with E-state index < -0.39 is 18.0 Å². The van der Waals surface area contributed by atoms with E-state index >= 15 is 0 Å². The Morgan fingerprint density at radius 3 is 2.62 bits per heavy atom. The average molecular weight is 298 g/mol. The minimum absolute atomic E-state index is 0.196. The molecule has 0 saturated heterocycles. The summed E-state index contributed by atoms with van der Waals surface area (Å²) in [4.78, 5) is 14.2. The molecule has 0 aliphatic rings. The van der Waals surface area contributed by atoms with Gasteiger partial charge in [-0.3, -0.25) is 9.78 Å². The fraction of sp³-hybridized carbons (Fsp3) is 0.143. The molecule has 0 aliphatic carbocycles. The first-order valence-corrected chi connectivity index (χ1v) is 4.34. The Kier molecular flexibility index (Phi) is 3.12. The van der Waals surface area contributed by atoms with Gasteiger partial charge in [0.2, 0.25) is 0 Å². The van der Waals surface area contributed by atoms with Gasteiger partial charge in [-0.25, -0.2) is 8.78 Å². The van der Waals surface area contributed by atoms with E-state index in [0.29, 0.717) is 3.57 Å². The summed E-state index contributed by atoms with van der Waals surface area (Å²) >= 11 is 1.76. The zero-order valence-corrected chi connectivity index (χ0v) is 8.46. The molecule has 0 aliphatic heterocycles. The number of rotatable bonds is 2. The second-order valence-corrected chi connectivity index (χ2v) is 3.38. The average Bonchev–Trinajstić information content (AvgIpc) is 2.02. The maximum absolute atomic E-state index is 12.3. The molecule has 1 aromatic heterocycles. The van der Waals surface area contributed by atoms with Crippen LogP contribution in [-0.4, -0.2) is 10.9 Å². The molecule has 70 valence electrons. The van der Waals surface area contributed by atoms with E-state index in [-0.39, 0.29) is 5.56 Å². The summed E-state index contributed by atoms with van der Waals surface area (Å²) in [5.41, 5.74) is 4.18. The van der Waals surface area contributed by atoms with Gasteiger partial charge in [-0.1, -0.05) is 0 Å². The monoisotopic (exact) mass is 298 g/mol. The van der Waals surface area contributed by atoms with Crippen molar-refractivity contribution in [2.75, 3.05) is 0 Å². The van der Waals surface area contributed by atoms with Crippen molar-refractivity contribution in [3.05, 3.63) is 27.1 Å². The van der Waals surface area contributed by atoms with Crippen molar-refractivity contribution in [2.45, 2.75) is 6.43 Å². The number of hydrogen-bond acceptors (Lipinski definition) is 2. The Morgan fingerprint density at radius 2 is 2.23 bits per heavy atom. The number of aromatic nitrogens is 1. The Balaban J connectivity index is 3.34. The van der Waals surface area contributed by atoms with Crippen molar-refractivity contribution >= 4 is 28.5 Å². The SMILES string of the molecule is NC(=O)c1c(I)ccnc1C(F)F. The van der Waals surface area contributed by atoms with Crippen LogP contribution in [0.25, 0.3) is 0 Å². The lowest BCUT2D eigenvalue weighted by Gasteiger charge is -2.05. The molecule has 1 aromatic rings. The van der Waals surface area contributed by atoms with Crippen LogP contribution in [0, 0.1) is 3.57 Å². The van der Waals surface area contributed by atoms with E-state index in [4.69, 9.17) is 5.73 Å². The largest absolute Gasteiger partial charge is 0.366 e. The van der Waals surface area contributed by atoms with E-state index in [1.54, 1.807) is 22.6 Å². The number of halogens is 3. The van der Waals surface area contributed by atoms with E-state index in [0.717, 1.165) is 0 Å².